The highest BCUT2D eigenvalue weighted by Gasteiger charge is 2.36. The van der Waals surface area contributed by atoms with Crippen molar-refractivity contribution in [2.45, 2.75) is 31.1 Å². The Labute approximate surface area is 91.5 Å². The molecule has 0 saturated heterocycles. The van der Waals surface area contributed by atoms with Crippen LogP contribution < -0.4 is 5.73 Å². The second-order valence-corrected chi connectivity index (χ2v) is 5.56. The summed E-state index contributed by atoms with van der Waals surface area (Å²) >= 11 is 5.45. The van der Waals surface area contributed by atoms with E-state index in [2.05, 4.69) is 27.4 Å². The Balaban J connectivity index is 2.36. The van der Waals surface area contributed by atoms with Gasteiger partial charge < -0.3 is 5.73 Å². The maximum atomic E-state index is 5.91. The van der Waals surface area contributed by atoms with E-state index in [9.17, 15) is 0 Å². The van der Waals surface area contributed by atoms with Gasteiger partial charge >= 0.3 is 0 Å². The average Bonchev–Trinajstić information content (AvgIpc) is 2.73. The highest BCUT2D eigenvalue weighted by molar-refractivity contribution is 9.10. The maximum Gasteiger partial charge on any atom is 0.0320 e. The fourth-order valence-electron chi connectivity index (χ4n) is 2.25. The van der Waals surface area contributed by atoms with Gasteiger partial charge in [0.15, 0.2) is 0 Å². The minimum absolute atomic E-state index is 0.299. The summed E-state index contributed by atoms with van der Waals surface area (Å²) in [6.45, 7) is 0.798. The Bertz CT molecular complexity index is 289. The zero-order valence-corrected chi connectivity index (χ0v) is 9.96. The highest BCUT2D eigenvalue weighted by Crippen LogP contribution is 2.45. The van der Waals surface area contributed by atoms with Crippen molar-refractivity contribution in [2.75, 3.05) is 6.54 Å². The summed E-state index contributed by atoms with van der Waals surface area (Å²) in [4.78, 5) is 1.47. The van der Waals surface area contributed by atoms with E-state index >= 15 is 0 Å². The predicted molar refractivity (Wildman–Crippen MR) is 61.2 cm³/mol. The fourth-order valence-corrected chi connectivity index (χ4v) is 4.31. The van der Waals surface area contributed by atoms with Crippen LogP contribution in [-0.4, -0.2) is 6.54 Å². The molecule has 0 spiro atoms. The van der Waals surface area contributed by atoms with Crippen molar-refractivity contribution in [3.8, 4) is 0 Å². The van der Waals surface area contributed by atoms with Crippen LogP contribution in [0.1, 0.15) is 30.6 Å². The van der Waals surface area contributed by atoms with Gasteiger partial charge in [-0.1, -0.05) is 12.8 Å². The van der Waals surface area contributed by atoms with Crippen LogP contribution in [0, 0.1) is 0 Å². The summed E-state index contributed by atoms with van der Waals surface area (Å²) in [7, 11) is 0. The number of hydrogen-bond acceptors (Lipinski definition) is 2. The first-order valence-corrected chi connectivity index (χ1v) is 6.39. The maximum absolute atomic E-state index is 5.91. The van der Waals surface area contributed by atoms with Gasteiger partial charge in [-0.25, -0.2) is 0 Å². The Morgan fingerprint density at radius 3 is 2.62 bits per heavy atom. The van der Waals surface area contributed by atoms with Crippen LogP contribution in [0.3, 0.4) is 0 Å². The molecule has 1 nitrogen and oxygen atoms in total. The lowest BCUT2D eigenvalue weighted by Crippen LogP contribution is -2.31. The smallest absolute Gasteiger partial charge is 0.0320 e. The van der Waals surface area contributed by atoms with E-state index in [1.165, 1.54) is 35.0 Å². The van der Waals surface area contributed by atoms with Crippen LogP contribution in [0.2, 0.25) is 0 Å². The first-order valence-electron chi connectivity index (χ1n) is 4.72. The Morgan fingerprint density at radius 1 is 1.46 bits per heavy atom. The Kier molecular flexibility index (Phi) is 2.77. The lowest BCUT2D eigenvalue weighted by Gasteiger charge is -2.26. The van der Waals surface area contributed by atoms with E-state index in [1.807, 2.05) is 11.3 Å². The second-order valence-electron chi connectivity index (χ2n) is 3.79. The standard InChI is InChI=1S/C10H14BrNS/c11-8-3-6-13-9(8)10(7-12)4-1-2-5-10/h3,6H,1-2,4-5,7,12H2. The molecule has 2 rings (SSSR count). The molecule has 1 saturated carbocycles. The van der Waals surface area contributed by atoms with Crippen molar-refractivity contribution in [1.29, 1.82) is 0 Å². The number of hydrogen-bond donors (Lipinski definition) is 1. The van der Waals surface area contributed by atoms with Crippen molar-refractivity contribution in [3.05, 3.63) is 20.8 Å². The predicted octanol–water partition coefficient (Wildman–Crippen LogP) is 3.28. The lowest BCUT2D eigenvalue weighted by atomic mass is 9.85. The summed E-state index contributed by atoms with van der Waals surface area (Å²) < 4.78 is 1.25. The summed E-state index contributed by atoms with van der Waals surface area (Å²) in [5.41, 5.74) is 6.21. The van der Waals surface area contributed by atoms with Crippen LogP contribution in [0.15, 0.2) is 15.9 Å². The zero-order valence-electron chi connectivity index (χ0n) is 7.55. The molecule has 1 aromatic heterocycles. The van der Waals surface area contributed by atoms with Gasteiger partial charge in [-0.3, -0.25) is 0 Å². The Morgan fingerprint density at radius 2 is 2.15 bits per heavy atom. The largest absolute Gasteiger partial charge is 0.330 e. The SMILES string of the molecule is NCC1(c2sccc2Br)CCCC1. The molecule has 1 fully saturated rings. The molecule has 0 amide bonds. The van der Waals surface area contributed by atoms with E-state index in [0.717, 1.165) is 6.54 Å². The normalized spacial score (nSPS) is 20.8. The molecule has 0 bridgehead atoms. The van der Waals surface area contributed by atoms with Crippen molar-refractivity contribution < 1.29 is 0 Å². The molecule has 3 heteroatoms. The summed E-state index contributed by atoms with van der Waals surface area (Å²) in [5.74, 6) is 0. The van der Waals surface area contributed by atoms with Crippen LogP contribution >= 0.6 is 27.3 Å². The molecule has 0 aliphatic heterocycles. The van der Waals surface area contributed by atoms with Crippen LogP contribution in [0.5, 0.6) is 0 Å². The third-order valence-corrected chi connectivity index (χ3v) is 5.13. The van der Waals surface area contributed by atoms with Gasteiger partial charge in [0.25, 0.3) is 0 Å². The molecule has 0 aromatic carbocycles. The summed E-state index contributed by atoms with van der Waals surface area (Å²) in [6, 6.07) is 2.13. The molecule has 1 aliphatic carbocycles. The van der Waals surface area contributed by atoms with E-state index in [0.29, 0.717) is 5.41 Å². The third kappa shape index (κ3) is 1.58. The van der Waals surface area contributed by atoms with Gasteiger partial charge in [-0.15, -0.1) is 11.3 Å². The van der Waals surface area contributed by atoms with Crippen LogP contribution in [0.25, 0.3) is 0 Å². The molecule has 1 aromatic rings. The average molecular weight is 260 g/mol. The molecule has 0 unspecified atom stereocenters. The van der Waals surface area contributed by atoms with Crippen molar-refractivity contribution in [1.82, 2.24) is 0 Å². The minimum atomic E-state index is 0.299. The highest BCUT2D eigenvalue weighted by atomic mass is 79.9. The van der Waals surface area contributed by atoms with E-state index in [1.54, 1.807) is 0 Å². The molecular weight excluding hydrogens is 246 g/mol. The van der Waals surface area contributed by atoms with Crippen LogP contribution in [0.4, 0.5) is 0 Å². The molecule has 13 heavy (non-hydrogen) atoms. The van der Waals surface area contributed by atoms with Crippen LogP contribution in [-0.2, 0) is 5.41 Å². The van der Waals surface area contributed by atoms with Crippen molar-refractivity contribution in [3.63, 3.8) is 0 Å². The molecule has 0 radical (unpaired) electrons. The molecular formula is C10H14BrNS. The zero-order chi connectivity index (χ0) is 9.31. The van der Waals surface area contributed by atoms with Gasteiger partial charge in [0.1, 0.15) is 0 Å². The first-order chi connectivity index (χ1) is 6.28. The monoisotopic (exact) mass is 259 g/mol. The molecule has 1 aliphatic rings. The third-order valence-electron chi connectivity index (χ3n) is 3.05. The first kappa shape index (κ1) is 9.69. The molecule has 0 atom stereocenters. The van der Waals surface area contributed by atoms with Gasteiger partial charge in [0.2, 0.25) is 0 Å². The minimum Gasteiger partial charge on any atom is -0.330 e. The fraction of sp³-hybridized carbons (Fsp3) is 0.600. The number of rotatable bonds is 2. The Hall–Kier alpha value is 0.140. The molecule has 2 N–H and O–H groups in total. The van der Waals surface area contributed by atoms with E-state index < -0.39 is 0 Å². The molecule has 1 heterocycles. The van der Waals surface area contributed by atoms with Gasteiger partial charge in [-0.2, -0.15) is 0 Å². The molecule has 72 valence electrons. The number of halogens is 1. The summed E-state index contributed by atoms with van der Waals surface area (Å²) in [6.07, 6.45) is 5.20. The number of nitrogens with two attached hydrogens (primary N) is 1. The van der Waals surface area contributed by atoms with Gasteiger partial charge in [-0.05, 0) is 40.2 Å². The van der Waals surface area contributed by atoms with Crippen molar-refractivity contribution >= 4 is 27.3 Å². The quantitative estimate of drug-likeness (QED) is 0.867. The van der Waals surface area contributed by atoms with E-state index in [4.69, 9.17) is 5.73 Å². The lowest BCUT2D eigenvalue weighted by molar-refractivity contribution is 0.460. The van der Waals surface area contributed by atoms with E-state index in [-0.39, 0.29) is 0 Å². The second kappa shape index (κ2) is 3.71. The number of thiophene rings is 1. The summed E-state index contributed by atoms with van der Waals surface area (Å²) in [5, 5.41) is 2.15. The van der Waals surface area contributed by atoms with Gasteiger partial charge in [0, 0.05) is 21.3 Å². The van der Waals surface area contributed by atoms with Crippen molar-refractivity contribution in [2.24, 2.45) is 5.73 Å². The topological polar surface area (TPSA) is 26.0 Å². The van der Waals surface area contributed by atoms with Gasteiger partial charge in [0.05, 0.1) is 0 Å².